The Labute approximate surface area is 151 Å². The van der Waals surface area contributed by atoms with Gasteiger partial charge in [0.2, 0.25) is 0 Å². The standard InChI is InChI=1S/C19H23N5O2/c25-18(15-10-13-4-1-2-6-16(13)23-19(15)26)22-14-5-3-9-24(12-14)17-11-20-7-8-21-17/h7-8,10-11,14H,1-6,9,12H2,(H,22,25)(H,23,26)/t14-/m0/s1. The number of nitrogens with one attached hydrogen (secondary N) is 2. The van der Waals surface area contributed by atoms with E-state index in [0.717, 1.165) is 62.1 Å². The third-order valence-corrected chi connectivity index (χ3v) is 5.21. The summed E-state index contributed by atoms with van der Waals surface area (Å²) in [4.78, 5) is 38.5. The minimum absolute atomic E-state index is 0.00584. The summed E-state index contributed by atoms with van der Waals surface area (Å²) in [6, 6.07) is 1.78. The number of pyridine rings is 1. The first-order chi connectivity index (χ1) is 12.7. The molecule has 1 aliphatic heterocycles. The number of hydrogen-bond acceptors (Lipinski definition) is 5. The highest BCUT2D eigenvalue weighted by Gasteiger charge is 2.24. The topological polar surface area (TPSA) is 91.0 Å². The molecule has 2 aromatic rings. The summed E-state index contributed by atoms with van der Waals surface area (Å²) in [5, 5.41) is 3.03. The molecule has 2 N–H and O–H groups in total. The molecule has 1 fully saturated rings. The normalized spacial score (nSPS) is 19.7. The maximum atomic E-state index is 12.7. The first-order valence-corrected chi connectivity index (χ1v) is 9.27. The third-order valence-electron chi connectivity index (χ3n) is 5.21. The van der Waals surface area contributed by atoms with Gasteiger partial charge in [-0.05, 0) is 50.2 Å². The molecule has 3 heterocycles. The molecule has 1 saturated heterocycles. The van der Waals surface area contributed by atoms with Crippen LogP contribution in [-0.4, -0.2) is 40.0 Å². The molecule has 0 spiro atoms. The van der Waals surface area contributed by atoms with Crippen LogP contribution in [0.5, 0.6) is 0 Å². The van der Waals surface area contributed by atoms with Crippen LogP contribution < -0.4 is 15.8 Å². The molecule has 2 aliphatic rings. The second kappa shape index (κ2) is 7.27. The number of rotatable bonds is 3. The van der Waals surface area contributed by atoms with Crippen LogP contribution in [0.4, 0.5) is 5.82 Å². The molecule has 0 bridgehead atoms. The van der Waals surface area contributed by atoms with E-state index in [1.807, 2.05) is 0 Å². The fourth-order valence-electron chi connectivity index (χ4n) is 3.86. The average molecular weight is 353 g/mol. The largest absolute Gasteiger partial charge is 0.353 e. The number of piperidine rings is 1. The molecule has 0 radical (unpaired) electrons. The number of aromatic nitrogens is 3. The third kappa shape index (κ3) is 3.47. The number of anilines is 1. The zero-order valence-electron chi connectivity index (χ0n) is 14.7. The van der Waals surface area contributed by atoms with Crippen molar-refractivity contribution in [3.05, 3.63) is 51.8 Å². The molecular formula is C19H23N5O2. The van der Waals surface area contributed by atoms with E-state index >= 15 is 0 Å². The van der Waals surface area contributed by atoms with Crippen LogP contribution in [0.2, 0.25) is 0 Å². The SMILES string of the molecule is O=C(N[C@H]1CCCN(c2cnccn2)C1)c1cc2c([nH]c1=O)CCCC2. The number of aromatic amines is 1. The van der Waals surface area contributed by atoms with Crippen molar-refractivity contribution in [3.63, 3.8) is 0 Å². The molecule has 1 atom stereocenters. The number of aryl methyl sites for hydroxylation is 2. The molecule has 0 saturated carbocycles. The van der Waals surface area contributed by atoms with Gasteiger partial charge in [-0.1, -0.05) is 0 Å². The van der Waals surface area contributed by atoms with Gasteiger partial charge in [-0.15, -0.1) is 0 Å². The van der Waals surface area contributed by atoms with E-state index in [4.69, 9.17) is 0 Å². The van der Waals surface area contributed by atoms with Crippen LogP contribution >= 0.6 is 0 Å². The van der Waals surface area contributed by atoms with Gasteiger partial charge in [0, 0.05) is 37.2 Å². The molecular weight excluding hydrogens is 330 g/mol. The van der Waals surface area contributed by atoms with Crippen molar-refractivity contribution in [3.8, 4) is 0 Å². The Kier molecular flexibility index (Phi) is 4.69. The van der Waals surface area contributed by atoms with E-state index in [9.17, 15) is 9.59 Å². The van der Waals surface area contributed by atoms with Crippen molar-refractivity contribution in [1.82, 2.24) is 20.3 Å². The lowest BCUT2D eigenvalue weighted by Gasteiger charge is -2.33. The molecule has 7 nitrogen and oxygen atoms in total. The maximum Gasteiger partial charge on any atom is 0.261 e. The monoisotopic (exact) mass is 353 g/mol. The Balaban J connectivity index is 1.47. The fraction of sp³-hybridized carbons (Fsp3) is 0.474. The highest BCUT2D eigenvalue weighted by atomic mass is 16.2. The fourth-order valence-corrected chi connectivity index (χ4v) is 3.86. The molecule has 0 unspecified atom stereocenters. The predicted molar refractivity (Wildman–Crippen MR) is 98.4 cm³/mol. The number of hydrogen-bond donors (Lipinski definition) is 2. The van der Waals surface area contributed by atoms with Gasteiger partial charge in [0.05, 0.1) is 6.20 Å². The Bertz CT molecular complexity index is 849. The van der Waals surface area contributed by atoms with Crippen LogP contribution in [0.3, 0.4) is 0 Å². The molecule has 1 aliphatic carbocycles. The first kappa shape index (κ1) is 16.8. The Morgan fingerprint density at radius 3 is 2.96 bits per heavy atom. The number of carbonyl (C=O) groups excluding carboxylic acids is 1. The van der Waals surface area contributed by atoms with E-state index in [0.29, 0.717) is 6.54 Å². The van der Waals surface area contributed by atoms with Crippen molar-refractivity contribution in [2.75, 3.05) is 18.0 Å². The zero-order valence-corrected chi connectivity index (χ0v) is 14.7. The van der Waals surface area contributed by atoms with Crippen molar-refractivity contribution < 1.29 is 4.79 Å². The van der Waals surface area contributed by atoms with Crippen LogP contribution in [0.1, 0.15) is 47.3 Å². The minimum Gasteiger partial charge on any atom is -0.353 e. The molecule has 136 valence electrons. The van der Waals surface area contributed by atoms with Crippen LogP contribution in [-0.2, 0) is 12.8 Å². The molecule has 1 amide bonds. The lowest BCUT2D eigenvalue weighted by atomic mass is 9.95. The van der Waals surface area contributed by atoms with Gasteiger partial charge in [0.25, 0.3) is 11.5 Å². The zero-order chi connectivity index (χ0) is 17.9. The van der Waals surface area contributed by atoms with Crippen LogP contribution in [0, 0.1) is 0 Å². The van der Waals surface area contributed by atoms with E-state index in [2.05, 4.69) is 25.2 Å². The van der Waals surface area contributed by atoms with Gasteiger partial charge in [-0.3, -0.25) is 14.6 Å². The van der Waals surface area contributed by atoms with Gasteiger partial charge >= 0.3 is 0 Å². The molecule has 7 heteroatoms. The van der Waals surface area contributed by atoms with E-state index in [-0.39, 0.29) is 23.1 Å². The lowest BCUT2D eigenvalue weighted by Crippen LogP contribution is -2.48. The number of fused-ring (bicyclic) bond motifs is 1. The summed E-state index contributed by atoms with van der Waals surface area (Å²) in [6.07, 6.45) is 10.9. The van der Waals surface area contributed by atoms with Gasteiger partial charge < -0.3 is 15.2 Å². The molecule has 4 rings (SSSR count). The number of carbonyl (C=O) groups is 1. The Hall–Kier alpha value is -2.70. The second-order valence-electron chi connectivity index (χ2n) is 7.05. The summed E-state index contributed by atoms with van der Waals surface area (Å²) < 4.78 is 0. The number of amides is 1. The van der Waals surface area contributed by atoms with E-state index < -0.39 is 0 Å². The summed E-state index contributed by atoms with van der Waals surface area (Å²) in [5.74, 6) is 0.531. The van der Waals surface area contributed by atoms with E-state index in [1.54, 1.807) is 24.7 Å². The lowest BCUT2D eigenvalue weighted by molar-refractivity contribution is 0.0931. The van der Waals surface area contributed by atoms with Crippen molar-refractivity contribution in [2.24, 2.45) is 0 Å². The van der Waals surface area contributed by atoms with Crippen molar-refractivity contribution >= 4 is 11.7 Å². The van der Waals surface area contributed by atoms with Crippen molar-refractivity contribution in [2.45, 2.75) is 44.6 Å². The van der Waals surface area contributed by atoms with Crippen LogP contribution in [0.25, 0.3) is 0 Å². The maximum absolute atomic E-state index is 12.7. The summed E-state index contributed by atoms with van der Waals surface area (Å²) >= 11 is 0. The van der Waals surface area contributed by atoms with Gasteiger partial charge in [0.1, 0.15) is 11.4 Å². The minimum atomic E-state index is -0.287. The predicted octanol–water partition coefficient (Wildman–Crippen LogP) is 1.44. The molecule has 2 aromatic heterocycles. The van der Waals surface area contributed by atoms with Gasteiger partial charge in [0.15, 0.2) is 0 Å². The van der Waals surface area contributed by atoms with Crippen LogP contribution in [0.15, 0.2) is 29.5 Å². The second-order valence-corrected chi connectivity index (χ2v) is 7.05. The highest BCUT2D eigenvalue weighted by molar-refractivity contribution is 5.94. The summed E-state index contributed by atoms with van der Waals surface area (Å²) in [7, 11) is 0. The molecule has 26 heavy (non-hydrogen) atoms. The highest BCUT2D eigenvalue weighted by Crippen LogP contribution is 2.19. The number of nitrogens with zero attached hydrogens (tertiary/aromatic N) is 3. The van der Waals surface area contributed by atoms with Gasteiger partial charge in [-0.2, -0.15) is 0 Å². The van der Waals surface area contributed by atoms with Crippen molar-refractivity contribution in [1.29, 1.82) is 0 Å². The smallest absolute Gasteiger partial charge is 0.261 e. The Morgan fingerprint density at radius 2 is 2.12 bits per heavy atom. The average Bonchev–Trinajstić information content (AvgIpc) is 2.68. The number of H-pyrrole nitrogens is 1. The summed E-state index contributed by atoms with van der Waals surface area (Å²) in [5.41, 5.74) is 2.03. The Morgan fingerprint density at radius 1 is 1.23 bits per heavy atom. The van der Waals surface area contributed by atoms with Gasteiger partial charge in [-0.25, -0.2) is 4.98 Å². The summed E-state index contributed by atoms with van der Waals surface area (Å²) in [6.45, 7) is 1.57. The van der Waals surface area contributed by atoms with E-state index in [1.165, 1.54) is 0 Å². The quantitative estimate of drug-likeness (QED) is 0.871. The first-order valence-electron chi connectivity index (χ1n) is 9.27. The molecule has 0 aromatic carbocycles.